The summed E-state index contributed by atoms with van der Waals surface area (Å²) in [5.41, 5.74) is 1.22. The molecule has 0 aromatic heterocycles. The summed E-state index contributed by atoms with van der Waals surface area (Å²) in [6.07, 6.45) is 9.02. The predicted molar refractivity (Wildman–Crippen MR) is 113 cm³/mol. The third kappa shape index (κ3) is 7.38. The van der Waals surface area contributed by atoms with Gasteiger partial charge in [-0.05, 0) is 51.2 Å². The molecule has 154 valence electrons. The highest BCUT2D eigenvalue weighted by Gasteiger charge is 2.46. The molecule has 1 saturated carbocycles. The Balaban J connectivity index is 2.83. The van der Waals surface area contributed by atoms with Gasteiger partial charge in [-0.15, -0.1) is 0 Å². The van der Waals surface area contributed by atoms with Crippen LogP contribution in [0.4, 0.5) is 0 Å². The van der Waals surface area contributed by atoms with Crippen LogP contribution in [0.25, 0.3) is 0 Å². The minimum atomic E-state index is -1.94. The first kappa shape index (κ1) is 23.8. The third-order valence-corrected chi connectivity index (χ3v) is 10.3. The summed E-state index contributed by atoms with van der Waals surface area (Å²) < 4.78 is 6.63. The smallest absolute Gasteiger partial charge is 0.303 e. The maximum absolute atomic E-state index is 12.7. The first-order valence-electron chi connectivity index (χ1n) is 10.1. The van der Waals surface area contributed by atoms with Crippen LogP contribution in [0.2, 0.25) is 18.1 Å². The lowest BCUT2D eigenvalue weighted by Crippen LogP contribution is -2.45. The SMILES string of the molecule is CC(C)=C[C@@H]1C(C/C=C\CCCC(=O)O)C(=O)C[C@H]1O[Si](C)(C)C(C)(C)C. The first-order valence-corrected chi connectivity index (χ1v) is 13.0. The molecule has 1 unspecified atom stereocenters. The molecular formula is C22H38O4Si. The highest BCUT2D eigenvalue weighted by molar-refractivity contribution is 6.74. The van der Waals surface area contributed by atoms with Crippen molar-refractivity contribution < 1.29 is 19.1 Å². The lowest BCUT2D eigenvalue weighted by atomic mass is 9.89. The molecule has 0 radical (unpaired) electrons. The van der Waals surface area contributed by atoms with Gasteiger partial charge in [0.05, 0.1) is 6.10 Å². The van der Waals surface area contributed by atoms with Gasteiger partial charge in [-0.3, -0.25) is 9.59 Å². The lowest BCUT2D eigenvalue weighted by Gasteiger charge is -2.39. The van der Waals surface area contributed by atoms with Gasteiger partial charge in [0.1, 0.15) is 5.78 Å². The van der Waals surface area contributed by atoms with Crippen molar-refractivity contribution >= 4 is 20.1 Å². The fourth-order valence-corrected chi connectivity index (χ4v) is 4.61. The molecule has 1 N–H and O–H groups in total. The molecule has 0 amide bonds. The molecule has 0 aliphatic heterocycles. The summed E-state index contributed by atoms with van der Waals surface area (Å²) in [7, 11) is -1.94. The Morgan fingerprint density at radius 3 is 2.41 bits per heavy atom. The number of carbonyl (C=O) groups is 2. The van der Waals surface area contributed by atoms with Crippen molar-refractivity contribution in [2.75, 3.05) is 0 Å². The van der Waals surface area contributed by atoms with Crippen molar-refractivity contribution in [3.05, 3.63) is 23.8 Å². The van der Waals surface area contributed by atoms with E-state index in [-0.39, 0.29) is 35.2 Å². The number of carboxylic acid groups (broad SMARTS) is 1. The normalized spacial score (nSPS) is 23.8. The van der Waals surface area contributed by atoms with E-state index < -0.39 is 14.3 Å². The zero-order valence-corrected chi connectivity index (χ0v) is 19.2. The van der Waals surface area contributed by atoms with Crippen LogP contribution < -0.4 is 0 Å². The van der Waals surface area contributed by atoms with Gasteiger partial charge in [0.15, 0.2) is 8.32 Å². The standard InChI is InChI=1S/C22H38O4Si/c1-16(2)14-18-17(12-10-8-9-11-13-21(24)25)19(23)15-20(18)26-27(6,7)22(3,4)5/h8,10,14,17-18,20H,9,11-13,15H2,1-7H3,(H,24,25)/b10-8-/t17?,18-,20-/m1/s1. The number of allylic oxidation sites excluding steroid dienone is 3. The molecule has 0 bridgehead atoms. The highest BCUT2D eigenvalue weighted by Crippen LogP contribution is 2.43. The molecule has 0 aromatic rings. The van der Waals surface area contributed by atoms with Crippen molar-refractivity contribution in [2.45, 2.75) is 91.0 Å². The molecule has 0 saturated heterocycles. The Morgan fingerprint density at radius 2 is 1.89 bits per heavy atom. The van der Waals surface area contributed by atoms with Crippen molar-refractivity contribution in [1.82, 2.24) is 0 Å². The van der Waals surface area contributed by atoms with Gasteiger partial charge >= 0.3 is 5.97 Å². The summed E-state index contributed by atoms with van der Waals surface area (Å²) in [5.74, 6) is -0.384. The van der Waals surface area contributed by atoms with Crippen LogP contribution in [-0.4, -0.2) is 31.3 Å². The zero-order valence-electron chi connectivity index (χ0n) is 18.2. The molecule has 4 nitrogen and oxygen atoms in total. The monoisotopic (exact) mass is 394 g/mol. The maximum atomic E-state index is 12.7. The fourth-order valence-electron chi connectivity index (χ4n) is 3.26. The van der Waals surface area contributed by atoms with Crippen molar-refractivity contribution in [2.24, 2.45) is 11.8 Å². The van der Waals surface area contributed by atoms with Gasteiger partial charge in [0.25, 0.3) is 0 Å². The van der Waals surface area contributed by atoms with E-state index in [1.54, 1.807) is 0 Å². The van der Waals surface area contributed by atoms with Gasteiger partial charge in [-0.1, -0.05) is 44.6 Å². The summed E-state index contributed by atoms with van der Waals surface area (Å²) in [6.45, 7) is 15.3. The quantitative estimate of drug-likeness (QED) is 0.307. The number of carboxylic acids is 1. The van der Waals surface area contributed by atoms with E-state index >= 15 is 0 Å². The van der Waals surface area contributed by atoms with Gasteiger partial charge < -0.3 is 9.53 Å². The minimum Gasteiger partial charge on any atom is -0.481 e. The number of rotatable bonds is 9. The number of ketones is 1. The largest absolute Gasteiger partial charge is 0.481 e. The molecule has 0 spiro atoms. The molecular weight excluding hydrogens is 356 g/mol. The van der Waals surface area contributed by atoms with E-state index in [1.807, 2.05) is 12.2 Å². The average Bonchev–Trinajstić information content (AvgIpc) is 2.76. The number of hydrogen-bond donors (Lipinski definition) is 1. The highest BCUT2D eigenvalue weighted by atomic mass is 28.4. The van der Waals surface area contributed by atoms with E-state index in [9.17, 15) is 9.59 Å². The van der Waals surface area contributed by atoms with E-state index in [4.69, 9.17) is 9.53 Å². The van der Waals surface area contributed by atoms with Crippen LogP contribution in [0.15, 0.2) is 23.8 Å². The predicted octanol–water partition coefficient (Wildman–Crippen LogP) is 5.75. The van der Waals surface area contributed by atoms with E-state index in [1.165, 1.54) is 5.57 Å². The number of aliphatic carboxylic acids is 1. The van der Waals surface area contributed by atoms with Crippen molar-refractivity contribution in [3.63, 3.8) is 0 Å². The maximum Gasteiger partial charge on any atom is 0.303 e. The minimum absolute atomic E-state index is 0.0290. The van der Waals surface area contributed by atoms with Crippen molar-refractivity contribution in [3.8, 4) is 0 Å². The van der Waals surface area contributed by atoms with Gasteiger partial charge in [-0.25, -0.2) is 0 Å². The Labute approximate surface area is 166 Å². The molecule has 5 heteroatoms. The van der Waals surface area contributed by atoms with E-state index in [0.717, 1.165) is 6.42 Å². The second-order valence-corrected chi connectivity index (χ2v) is 14.3. The summed E-state index contributed by atoms with van der Waals surface area (Å²) in [4.78, 5) is 23.3. The molecule has 1 aliphatic carbocycles. The Hall–Kier alpha value is -1.20. The number of hydrogen-bond acceptors (Lipinski definition) is 3. The molecule has 0 aromatic carbocycles. The Bertz CT molecular complexity index is 580. The van der Waals surface area contributed by atoms with Gasteiger partial charge in [-0.2, -0.15) is 0 Å². The zero-order chi connectivity index (χ0) is 20.8. The first-order chi connectivity index (χ1) is 12.3. The second-order valence-electron chi connectivity index (χ2n) is 9.51. The molecule has 1 rings (SSSR count). The molecule has 1 aliphatic rings. The number of Topliss-reactive ketones (excluding diaryl/α,β-unsaturated/α-hetero) is 1. The fraction of sp³-hybridized carbons (Fsp3) is 0.727. The van der Waals surface area contributed by atoms with Crippen LogP contribution in [-0.2, 0) is 14.0 Å². The summed E-state index contributed by atoms with van der Waals surface area (Å²) >= 11 is 0. The molecule has 27 heavy (non-hydrogen) atoms. The van der Waals surface area contributed by atoms with Crippen LogP contribution in [0.5, 0.6) is 0 Å². The van der Waals surface area contributed by atoms with E-state index in [0.29, 0.717) is 19.3 Å². The third-order valence-electron chi connectivity index (χ3n) is 5.81. The lowest BCUT2D eigenvalue weighted by molar-refractivity contribution is -0.137. The van der Waals surface area contributed by atoms with Gasteiger partial charge in [0.2, 0.25) is 0 Å². The Morgan fingerprint density at radius 1 is 1.26 bits per heavy atom. The van der Waals surface area contributed by atoms with Crippen molar-refractivity contribution in [1.29, 1.82) is 0 Å². The molecule has 3 atom stereocenters. The Kier molecular flexibility index (Phi) is 8.68. The summed E-state index contributed by atoms with van der Waals surface area (Å²) in [5, 5.41) is 8.81. The second kappa shape index (κ2) is 9.83. The van der Waals surface area contributed by atoms with Gasteiger partial charge in [0, 0.05) is 24.7 Å². The number of carbonyl (C=O) groups excluding carboxylic acids is 1. The molecule has 1 fully saturated rings. The van der Waals surface area contributed by atoms with Crippen LogP contribution in [0.1, 0.15) is 66.7 Å². The number of unbranched alkanes of at least 4 members (excludes halogenated alkanes) is 1. The van der Waals surface area contributed by atoms with E-state index in [2.05, 4.69) is 53.8 Å². The average molecular weight is 395 g/mol. The van der Waals surface area contributed by atoms with Crippen LogP contribution in [0.3, 0.4) is 0 Å². The topological polar surface area (TPSA) is 63.6 Å². The van der Waals surface area contributed by atoms with Crippen LogP contribution in [0, 0.1) is 11.8 Å². The molecule has 0 heterocycles. The summed E-state index contributed by atoms with van der Waals surface area (Å²) in [6, 6.07) is 0. The van der Waals surface area contributed by atoms with Crippen LogP contribution >= 0.6 is 0 Å².